The Morgan fingerprint density at radius 2 is 1.50 bits per heavy atom. The maximum Gasteiger partial charge on any atom is 0.0244 e. The van der Waals surface area contributed by atoms with Gasteiger partial charge in [0.15, 0.2) is 0 Å². The highest BCUT2D eigenvalue weighted by atomic mass is 15.3. The lowest BCUT2D eigenvalue weighted by Gasteiger charge is -2.40. The second-order valence-electron chi connectivity index (χ2n) is 7.43. The maximum absolute atomic E-state index is 3.77. The highest BCUT2D eigenvalue weighted by molar-refractivity contribution is 4.82. The van der Waals surface area contributed by atoms with E-state index in [-0.39, 0.29) is 0 Å². The van der Waals surface area contributed by atoms with E-state index < -0.39 is 0 Å². The molecule has 0 radical (unpaired) electrons. The molecule has 0 amide bonds. The van der Waals surface area contributed by atoms with Gasteiger partial charge in [0.05, 0.1) is 0 Å². The Balaban J connectivity index is 2.35. The Labute approximate surface area is 127 Å². The van der Waals surface area contributed by atoms with Crippen LogP contribution < -0.4 is 5.32 Å². The fourth-order valence-electron chi connectivity index (χ4n) is 2.95. The fraction of sp³-hybridized carbons (Fsp3) is 1.00. The zero-order valence-electron chi connectivity index (χ0n) is 14.7. The van der Waals surface area contributed by atoms with Crippen LogP contribution in [0.4, 0.5) is 0 Å². The Kier molecular flexibility index (Phi) is 8.08. The van der Waals surface area contributed by atoms with Crippen molar-refractivity contribution in [2.45, 2.75) is 59.5 Å². The van der Waals surface area contributed by atoms with Crippen molar-refractivity contribution in [3.8, 4) is 0 Å². The molecule has 0 bridgehead atoms. The van der Waals surface area contributed by atoms with Gasteiger partial charge in [-0.2, -0.15) is 0 Å². The molecule has 0 aliphatic carbocycles. The molecule has 1 heterocycles. The smallest absolute Gasteiger partial charge is 0.0244 e. The van der Waals surface area contributed by atoms with Crippen LogP contribution in [-0.4, -0.2) is 61.7 Å². The molecule has 0 aromatic heterocycles. The van der Waals surface area contributed by atoms with Gasteiger partial charge in [0.2, 0.25) is 0 Å². The Bertz CT molecular complexity index is 245. The third-order valence-corrected chi connectivity index (χ3v) is 4.63. The lowest BCUT2D eigenvalue weighted by Crippen LogP contribution is -2.54. The van der Waals surface area contributed by atoms with Crippen molar-refractivity contribution in [1.29, 1.82) is 0 Å². The molecule has 1 N–H and O–H groups in total. The largest absolute Gasteiger partial charge is 0.313 e. The van der Waals surface area contributed by atoms with Crippen molar-refractivity contribution >= 4 is 0 Å². The van der Waals surface area contributed by atoms with Crippen LogP contribution in [-0.2, 0) is 0 Å². The summed E-state index contributed by atoms with van der Waals surface area (Å²) in [5.74, 6) is 1.54. The first-order valence-corrected chi connectivity index (χ1v) is 8.56. The van der Waals surface area contributed by atoms with E-state index in [1.807, 2.05) is 0 Å². The van der Waals surface area contributed by atoms with Crippen molar-refractivity contribution in [2.24, 2.45) is 11.8 Å². The van der Waals surface area contributed by atoms with Crippen LogP contribution in [0.3, 0.4) is 0 Å². The van der Waals surface area contributed by atoms with Gasteiger partial charge in [0, 0.05) is 44.8 Å². The third-order valence-electron chi connectivity index (χ3n) is 4.63. The first-order valence-electron chi connectivity index (χ1n) is 8.56. The molecule has 1 rings (SSSR count). The van der Waals surface area contributed by atoms with Crippen LogP contribution >= 0.6 is 0 Å². The topological polar surface area (TPSA) is 18.5 Å². The highest BCUT2D eigenvalue weighted by Crippen LogP contribution is 2.14. The highest BCUT2D eigenvalue weighted by Gasteiger charge is 2.24. The van der Waals surface area contributed by atoms with Gasteiger partial charge < -0.3 is 10.2 Å². The average molecular weight is 284 g/mol. The van der Waals surface area contributed by atoms with E-state index in [1.54, 1.807) is 0 Å². The number of piperazine rings is 1. The number of nitrogens with zero attached hydrogens (tertiary/aromatic N) is 2. The predicted octanol–water partition coefficient (Wildman–Crippen LogP) is 2.67. The summed E-state index contributed by atoms with van der Waals surface area (Å²) >= 11 is 0. The van der Waals surface area contributed by atoms with Crippen molar-refractivity contribution in [3.05, 3.63) is 0 Å². The van der Waals surface area contributed by atoms with E-state index >= 15 is 0 Å². The van der Waals surface area contributed by atoms with E-state index in [0.717, 1.165) is 18.4 Å². The summed E-state index contributed by atoms with van der Waals surface area (Å²) in [7, 11) is 2.23. The zero-order valence-corrected chi connectivity index (χ0v) is 14.7. The summed E-state index contributed by atoms with van der Waals surface area (Å²) in [6.45, 7) is 17.7. The van der Waals surface area contributed by atoms with Gasteiger partial charge in [0.25, 0.3) is 0 Å². The quantitative estimate of drug-likeness (QED) is 0.739. The minimum atomic E-state index is 0.645. The van der Waals surface area contributed by atoms with Gasteiger partial charge in [-0.1, -0.05) is 27.7 Å². The number of rotatable bonds is 8. The molecule has 120 valence electrons. The number of likely N-dealkylation sites (N-methyl/N-ethyl adjacent to an activating group) is 1. The first kappa shape index (κ1) is 17.9. The van der Waals surface area contributed by atoms with Crippen molar-refractivity contribution < 1.29 is 0 Å². The fourth-order valence-corrected chi connectivity index (χ4v) is 2.95. The Hall–Kier alpha value is -0.120. The molecule has 20 heavy (non-hydrogen) atoms. The molecule has 1 aliphatic rings. The van der Waals surface area contributed by atoms with Crippen molar-refractivity contribution in [1.82, 2.24) is 15.1 Å². The Morgan fingerprint density at radius 1 is 0.900 bits per heavy atom. The average Bonchev–Trinajstić information content (AvgIpc) is 2.38. The second kappa shape index (κ2) is 9.01. The van der Waals surface area contributed by atoms with Crippen LogP contribution in [0.1, 0.15) is 47.5 Å². The van der Waals surface area contributed by atoms with Gasteiger partial charge in [-0.05, 0) is 38.6 Å². The maximum atomic E-state index is 3.77. The molecule has 1 aliphatic heterocycles. The molecular weight excluding hydrogens is 246 g/mol. The number of hydrogen-bond donors (Lipinski definition) is 1. The van der Waals surface area contributed by atoms with Gasteiger partial charge in [0.1, 0.15) is 0 Å². The summed E-state index contributed by atoms with van der Waals surface area (Å²) < 4.78 is 0. The predicted molar refractivity (Wildman–Crippen MR) is 89.2 cm³/mol. The summed E-state index contributed by atoms with van der Waals surface area (Å²) in [5.41, 5.74) is 0. The molecule has 0 spiro atoms. The van der Waals surface area contributed by atoms with E-state index in [4.69, 9.17) is 0 Å². The minimum Gasteiger partial charge on any atom is -0.313 e. The van der Waals surface area contributed by atoms with Crippen LogP contribution in [0.15, 0.2) is 0 Å². The molecular formula is C17H37N3. The lowest BCUT2D eigenvalue weighted by atomic mass is 10.00. The van der Waals surface area contributed by atoms with Gasteiger partial charge in [-0.15, -0.1) is 0 Å². The monoisotopic (exact) mass is 283 g/mol. The molecule has 0 saturated carbocycles. The zero-order chi connectivity index (χ0) is 15.1. The molecule has 0 aromatic carbocycles. The molecule has 1 saturated heterocycles. The van der Waals surface area contributed by atoms with Crippen molar-refractivity contribution in [2.75, 3.05) is 39.8 Å². The molecule has 1 fully saturated rings. The summed E-state index contributed by atoms with van der Waals surface area (Å²) in [6, 6.07) is 1.33. The minimum absolute atomic E-state index is 0.645. The molecule has 0 aromatic rings. The molecule has 3 heteroatoms. The third kappa shape index (κ3) is 6.55. The normalized spacial score (nSPS) is 21.6. The number of nitrogens with one attached hydrogen (secondary N) is 1. The number of hydrogen-bond acceptors (Lipinski definition) is 3. The van der Waals surface area contributed by atoms with Gasteiger partial charge in [-0.3, -0.25) is 4.90 Å². The molecule has 2 atom stereocenters. The first-order chi connectivity index (χ1) is 9.40. The molecule has 2 unspecified atom stereocenters. The lowest BCUT2D eigenvalue weighted by molar-refractivity contribution is 0.0860. The van der Waals surface area contributed by atoms with E-state index in [1.165, 1.54) is 39.0 Å². The van der Waals surface area contributed by atoms with Gasteiger partial charge >= 0.3 is 0 Å². The van der Waals surface area contributed by atoms with E-state index in [0.29, 0.717) is 12.1 Å². The van der Waals surface area contributed by atoms with Gasteiger partial charge in [-0.25, -0.2) is 0 Å². The van der Waals surface area contributed by atoms with Crippen LogP contribution in [0, 0.1) is 11.8 Å². The summed E-state index contributed by atoms with van der Waals surface area (Å²) in [5, 5.41) is 3.77. The Morgan fingerprint density at radius 3 is 2.00 bits per heavy atom. The van der Waals surface area contributed by atoms with Crippen molar-refractivity contribution in [3.63, 3.8) is 0 Å². The SMILES string of the molecule is CC(C)CCC(C)NCC(C(C)C)N1CCN(C)CC1. The van der Waals surface area contributed by atoms with E-state index in [9.17, 15) is 0 Å². The second-order valence-corrected chi connectivity index (χ2v) is 7.43. The van der Waals surface area contributed by atoms with E-state index in [2.05, 4.69) is 56.8 Å². The van der Waals surface area contributed by atoms with Crippen LogP contribution in [0.5, 0.6) is 0 Å². The standard InChI is InChI=1S/C17H37N3/c1-14(2)7-8-16(5)18-13-17(15(3)4)20-11-9-19(6)10-12-20/h14-18H,7-13H2,1-6H3. The summed E-state index contributed by atoms with van der Waals surface area (Å²) in [6.07, 6.45) is 2.63. The van der Waals surface area contributed by atoms with Crippen LogP contribution in [0.2, 0.25) is 0 Å². The summed E-state index contributed by atoms with van der Waals surface area (Å²) in [4.78, 5) is 5.12. The van der Waals surface area contributed by atoms with Crippen LogP contribution in [0.25, 0.3) is 0 Å². The molecule has 3 nitrogen and oxygen atoms in total.